The van der Waals surface area contributed by atoms with Gasteiger partial charge in [-0.05, 0) is 44.7 Å². The highest BCUT2D eigenvalue weighted by Gasteiger charge is 2.24. The number of urea groups is 1. The van der Waals surface area contributed by atoms with Crippen molar-refractivity contribution >= 4 is 6.03 Å². The molecule has 6 nitrogen and oxygen atoms in total. The minimum absolute atomic E-state index is 0.141. The lowest BCUT2D eigenvalue weighted by Crippen LogP contribution is -2.50. The maximum absolute atomic E-state index is 10.4. The van der Waals surface area contributed by atoms with Crippen LogP contribution in [-0.2, 0) is 6.42 Å². The van der Waals surface area contributed by atoms with Crippen molar-refractivity contribution in [3.05, 3.63) is 23.7 Å². The van der Waals surface area contributed by atoms with Crippen LogP contribution < -0.4 is 5.73 Å². The molecule has 0 saturated carbocycles. The molecule has 0 fully saturated rings. The van der Waals surface area contributed by atoms with E-state index in [1.165, 1.54) is 82.0 Å². The number of aryl methyl sites for hydroxylation is 1. The number of amides is 2. The quantitative estimate of drug-likeness (QED) is 0.208. The van der Waals surface area contributed by atoms with Crippen molar-refractivity contribution in [2.24, 2.45) is 5.73 Å². The van der Waals surface area contributed by atoms with Crippen LogP contribution in [0.15, 0.2) is 16.5 Å². The molecule has 0 atom stereocenters. The third kappa shape index (κ3) is 12.9. The SMILES string of the molecule is CCCC[N+](CCCC)(CCCC)CCCC.Cc1ccc(CCN(O)C(N)=O)o1. The van der Waals surface area contributed by atoms with Crippen molar-refractivity contribution in [3.8, 4) is 0 Å². The first kappa shape index (κ1) is 28.5. The molecule has 1 aromatic rings. The summed E-state index contributed by atoms with van der Waals surface area (Å²) in [5.41, 5.74) is 4.81. The summed E-state index contributed by atoms with van der Waals surface area (Å²) in [6.07, 6.45) is 11.5. The Morgan fingerprint density at radius 3 is 1.67 bits per heavy atom. The number of unbranched alkanes of at least 4 members (excludes halogenated alkanes) is 4. The van der Waals surface area contributed by atoms with Crippen molar-refractivity contribution in [1.29, 1.82) is 0 Å². The molecule has 0 spiro atoms. The molecule has 0 aliphatic carbocycles. The fourth-order valence-electron chi connectivity index (χ4n) is 3.59. The highest BCUT2D eigenvalue weighted by Crippen LogP contribution is 2.16. The van der Waals surface area contributed by atoms with Crippen LogP contribution in [0.3, 0.4) is 0 Å². The number of rotatable bonds is 15. The van der Waals surface area contributed by atoms with E-state index in [0.717, 1.165) is 11.5 Å². The first-order valence-corrected chi connectivity index (χ1v) is 12.0. The first-order chi connectivity index (χ1) is 14.3. The summed E-state index contributed by atoms with van der Waals surface area (Å²) in [4.78, 5) is 10.4. The van der Waals surface area contributed by atoms with Gasteiger partial charge in [-0.2, -0.15) is 0 Å². The Hall–Kier alpha value is -1.53. The molecule has 0 radical (unpaired) electrons. The Morgan fingerprint density at radius 1 is 0.933 bits per heavy atom. The molecule has 0 saturated heterocycles. The molecule has 1 heterocycles. The maximum atomic E-state index is 10.4. The van der Waals surface area contributed by atoms with Crippen LogP contribution in [0.2, 0.25) is 0 Å². The zero-order chi connectivity index (χ0) is 22.8. The number of primary amides is 1. The van der Waals surface area contributed by atoms with E-state index >= 15 is 0 Å². The van der Waals surface area contributed by atoms with Gasteiger partial charge in [0.05, 0.1) is 32.7 Å². The zero-order valence-electron chi connectivity index (χ0n) is 20.3. The monoisotopic (exact) mass is 426 g/mol. The zero-order valence-corrected chi connectivity index (χ0v) is 20.3. The van der Waals surface area contributed by atoms with E-state index in [-0.39, 0.29) is 6.54 Å². The summed E-state index contributed by atoms with van der Waals surface area (Å²) in [6, 6.07) is 2.76. The second-order valence-electron chi connectivity index (χ2n) is 8.37. The number of nitrogens with two attached hydrogens (primary N) is 1. The molecule has 0 unspecified atom stereocenters. The lowest BCUT2D eigenvalue weighted by molar-refractivity contribution is -0.929. The molecule has 2 amide bonds. The molecular formula is C24H48N3O3+. The van der Waals surface area contributed by atoms with Crippen molar-refractivity contribution in [1.82, 2.24) is 5.06 Å². The normalized spacial score (nSPS) is 11.1. The Balaban J connectivity index is 0.000000579. The van der Waals surface area contributed by atoms with E-state index in [2.05, 4.69) is 27.7 Å². The number of quaternary nitrogens is 1. The molecule has 0 aliphatic heterocycles. The van der Waals surface area contributed by atoms with Crippen LogP contribution in [0, 0.1) is 6.92 Å². The third-order valence-corrected chi connectivity index (χ3v) is 5.56. The molecule has 176 valence electrons. The number of hydrogen-bond donors (Lipinski definition) is 2. The molecule has 0 aliphatic rings. The molecule has 1 rings (SSSR count). The lowest BCUT2D eigenvalue weighted by atomic mass is 10.1. The van der Waals surface area contributed by atoms with E-state index in [0.29, 0.717) is 11.5 Å². The van der Waals surface area contributed by atoms with E-state index in [9.17, 15) is 4.79 Å². The van der Waals surface area contributed by atoms with Gasteiger partial charge >= 0.3 is 6.03 Å². The first-order valence-electron chi connectivity index (χ1n) is 12.0. The molecule has 3 N–H and O–H groups in total. The lowest BCUT2D eigenvalue weighted by Gasteiger charge is -2.39. The number of nitrogens with zero attached hydrogens (tertiary/aromatic N) is 2. The van der Waals surface area contributed by atoms with E-state index in [1.807, 2.05) is 13.0 Å². The maximum Gasteiger partial charge on any atom is 0.338 e. The van der Waals surface area contributed by atoms with Crippen LogP contribution >= 0.6 is 0 Å². The highest BCUT2D eigenvalue weighted by molar-refractivity contribution is 5.70. The standard InChI is InChI=1S/C16H36N.C8H12N2O3/c1-5-9-13-17(14-10-6-2,15-11-7-3)16-12-8-4;1-6-2-3-7(13-6)4-5-10(12)8(9)11/h5-16H2,1-4H3;2-3,12H,4-5H2,1H3,(H2,9,11)/q+1;. The fraction of sp³-hybridized carbons (Fsp3) is 0.792. The van der Waals surface area contributed by atoms with Crippen LogP contribution in [0.5, 0.6) is 0 Å². The summed E-state index contributed by atoms with van der Waals surface area (Å²) in [7, 11) is 0. The number of carbonyl (C=O) groups excluding carboxylic acids is 1. The smallest absolute Gasteiger partial charge is 0.338 e. The number of hydroxylamine groups is 2. The predicted octanol–water partition coefficient (Wildman–Crippen LogP) is 5.90. The summed E-state index contributed by atoms with van der Waals surface area (Å²) >= 11 is 0. The summed E-state index contributed by atoms with van der Waals surface area (Å²) in [6.45, 7) is 17.0. The van der Waals surface area contributed by atoms with E-state index < -0.39 is 6.03 Å². The average Bonchev–Trinajstić information content (AvgIpc) is 3.16. The molecular weight excluding hydrogens is 378 g/mol. The minimum Gasteiger partial charge on any atom is -0.466 e. The summed E-state index contributed by atoms with van der Waals surface area (Å²) in [5, 5.41) is 9.37. The van der Waals surface area contributed by atoms with Crippen LogP contribution in [0.1, 0.15) is 90.6 Å². The van der Waals surface area contributed by atoms with Crippen LogP contribution in [-0.4, -0.2) is 53.5 Å². The highest BCUT2D eigenvalue weighted by atomic mass is 16.5. The van der Waals surface area contributed by atoms with Gasteiger partial charge in [-0.25, -0.2) is 9.86 Å². The molecule has 6 heteroatoms. The summed E-state index contributed by atoms with van der Waals surface area (Å²) in [5.74, 6) is 1.52. The van der Waals surface area contributed by atoms with E-state index in [1.54, 1.807) is 6.07 Å². The van der Waals surface area contributed by atoms with Crippen LogP contribution in [0.25, 0.3) is 0 Å². The van der Waals surface area contributed by atoms with Gasteiger partial charge in [-0.1, -0.05) is 53.4 Å². The Morgan fingerprint density at radius 2 is 1.37 bits per heavy atom. The largest absolute Gasteiger partial charge is 0.466 e. The van der Waals surface area contributed by atoms with Crippen LogP contribution in [0.4, 0.5) is 4.79 Å². The predicted molar refractivity (Wildman–Crippen MR) is 125 cm³/mol. The Labute approximate surface area is 185 Å². The fourth-order valence-corrected chi connectivity index (χ4v) is 3.59. The third-order valence-electron chi connectivity index (χ3n) is 5.56. The van der Waals surface area contributed by atoms with Gasteiger partial charge < -0.3 is 14.6 Å². The van der Waals surface area contributed by atoms with Gasteiger partial charge in [-0.15, -0.1) is 0 Å². The molecule has 0 aromatic carbocycles. The minimum atomic E-state index is -0.858. The summed E-state index contributed by atoms with van der Waals surface area (Å²) < 4.78 is 6.64. The Bertz CT molecular complexity index is 508. The van der Waals surface area contributed by atoms with Gasteiger partial charge in [0.2, 0.25) is 0 Å². The molecule has 1 aromatic heterocycles. The second kappa shape index (κ2) is 17.2. The number of furan rings is 1. The van der Waals surface area contributed by atoms with Gasteiger partial charge in [0.1, 0.15) is 11.5 Å². The molecule has 30 heavy (non-hydrogen) atoms. The molecule has 0 bridgehead atoms. The number of carbonyl (C=O) groups is 1. The van der Waals surface area contributed by atoms with Gasteiger partial charge in [-0.3, -0.25) is 5.21 Å². The van der Waals surface area contributed by atoms with Gasteiger partial charge in [0.25, 0.3) is 0 Å². The topological polar surface area (TPSA) is 79.7 Å². The van der Waals surface area contributed by atoms with Crippen molar-refractivity contribution in [2.75, 3.05) is 32.7 Å². The second-order valence-corrected chi connectivity index (χ2v) is 8.37. The van der Waals surface area contributed by atoms with Crippen molar-refractivity contribution in [2.45, 2.75) is 92.4 Å². The van der Waals surface area contributed by atoms with Crippen molar-refractivity contribution < 1.29 is 18.9 Å². The van der Waals surface area contributed by atoms with Gasteiger partial charge in [0.15, 0.2) is 0 Å². The van der Waals surface area contributed by atoms with Gasteiger partial charge in [0, 0.05) is 6.42 Å². The average molecular weight is 427 g/mol. The van der Waals surface area contributed by atoms with E-state index in [4.69, 9.17) is 15.4 Å². The Kier molecular flexibility index (Phi) is 16.3. The van der Waals surface area contributed by atoms with Crippen molar-refractivity contribution in [3.63, 3.8) is 0 Å². The number of hydrogen-bond acceptors (Lipinski definition) is 3.